The van der Waals surface area contributed by atoms with Crippen LogP contribution in [-0.4, -0.2) is 24.5 Å². The number of benzene rings is 3. The van der Waals surface area contributed by atoms with Gasteiger partial charge in [0.05, 0.1) is 0 Å². The maximum Gasteiger partial charge on any atom is 0.269 e. The number of hydrogen-bond donors (Lipinski definition) is 2. The van der Waals surface area contributed by atoms with Gasteiger partial charge < -0.3 is 20.1 Å². The zero-order valence-electron chi connectivity index (χ0n) is 16.8. The molecular formula is C24H22N2O4. The molecule has 1 atom stereocenters. The molecule has 3 aromatic carbocycles. The van der Waals surface area contributed by atoms with Gasteiger partial charge in [0.25, 0.3) is 11.8 Å². The molecule has 0 bridgehead atoms. The summed E-state index contributed by atoms with van der Waals surface area (Å²) in [7, 11) is 0. The first-order chi connectivity index (χ1) is 14.5. The van der Waals surface area contributed by atoms with Gasteiger partial charge in [-0.25, -0.2) is 0 Å². The molecule has 2 N–H and O–H groups in total. The maximum absolute atomic E-state index is 12.5. The van der Waals surface area contributed by atoms with Crippen LogP contribution < -0.4 is 20.1 Å². The number of aryl methyl sites for hydroxylation is 2. The Bertz CT molecular complexity index is 1090. The highest BCUT2D eigenvalue weighted by Gasteiger charge is 2.27. The second-order valence-corrected chi connectivity index (χ2v) is 7.18. The van der Waals surface area contributed by atoms with E-state index in [0.29, 0.717) is 22.7 Å². The van der Waals surface area contributed by atoms with Gasteiger partial charge in [0.2, 0.25) is 6.10 Å². The lowest BCUT2D eigenvalue weighted by molar-refractivity contribution is -0.125. The first-order valence-corrected chi connectivity index (χ1v) is 9.67. The van der Waals surface area contributed by atoms with E-state index in [4.69, 9.17) is 9.47 Å². The lowest BCUT2D eigenvalue weighted by Gasteiger charge is -2.25. The van der Waals surface area contributed by atoms with Crippen molar-refractivity contribution in [2.75, 3.05) is 17.2 Å². The van der Waals surface area contributed by atoms with Crippen molar-refractivity contribution in [3.05, 3.63) is 83.4 Å². The first-order valence-electron chi connectivity index (χ1n) is 9.67. The minimum absolute atomic E-state index is 0.138. The molecular weight excluding hydrogens is 380 g/mol. The minimum atomic E-state index is -0.743. The fourth-order valence-electron chi connectivity index (χ4n) is 3.10. The molecule has 0 spiro atoms. The van der Waals surface area contributed by atoms with Crippen LogP contribution in [0.25, 0.3) is 0 Å². The maximum atomic E-state index is 12.5. The lowest BCUT2D eigenvalue weighted by atomic mass is 10.1. The van der Waals surface area contributed by atoms with E-state index < -0.39 is 6.10 Å². The molecule has 0 saturated carbocycles. The van der Waals surface area contributed by atoms with Gasteiger partial charge in [-0.15, -0.1) is 0 Å². The zero-order chi connectivity index (χ0) is 21.1. The average molecular weight is 402 g/mol. The van der Waals surface area contributed by atoms with Crippen molar-refractivity contribution >= 4 is 23.2 Å². The smallest absolute Gasteiger partial charge is 0.269 e. The Labute approximate surface area is 174 Å². The summed E-state index contributed by atoms with van der Waals surface area (Å²) in [5, 5.41) is 5.68. The van der Waals surface area contributed by atoms with Crippen molar-refractivity contribution in [1.29, 1.82) is 0 Å². The first kappa shape index (κ1) is 19.5. The minimum Gasteiger partial charge on any atom is -0.485 e. The van der Waals surface area contributed by atoms with E-state index in [-0.39, 0.29) is 18.4 Å². The SMILES string of the molecule is Cc1ccc(NC(=O)c2ccc(NC(=O)C3COc4ccccc4O3)cc2)cc1C. The number of nitrogens with one attached hydrogen (secondary N) is 2. The number of ether oxygens (including phenoxy) is 2. The highest BCUT2D eigenvalue weighted by Crippen LogP contribution is 2.31. The highest BCUT2D eigenvalue weighted by atomic mass is 16.6. The highest BCUT2D eigenvalue weighted by molar-refractivity contribution is 6.04. The normalized spacial score (nSPS) is 14.7. The van der Waals surface area contributed by atoms with E-state index in [2.05, 4.69) is 10.6 Å². The van der Waals surface area contributed by atoms with E-state index in [0.717, 1.165) is 11.3 Å². The van der Waals surface area contributed by atoms with Gasteiger partial charge >= 0.3 is 0 Å². The fourth-order valence-corrected chi connectivity index (χ4v) is 3.10. The molecule has 30 heavy (non-hydrogen) atoms. The standard InChI is InChI=1S/C24H22N2O4/c1-15-7-10-19(13-16(15)2)26-23(27)17-8-11-18(12-9-17)25-24(28)22-14-29-20-5-3-4-6-21(20)30-22/h3-13,22H,14H2,1-2H3,(H,25,28)(H,26,27). The molecule has 0 radical (unpaired) electrons. The van der Waals surface area contributed by atoms with Crippen LogP contribution in [-0.2, 0) is 4.79 Å². The summed E-state index contributed by atoms with van der Waals surface area (Å²) >= 11 is 0. The Morgan fingerprint density at radius 3 is 2.27 bits per heavy atom. The second-order valence-electron chi connectivity index (χ2n) is 7.18. The third kappa shape index (κ3) is 4.27. The van der Waals surface area contributed by atoms with Gasteiger partial charge in [-0.05, 0) is 73.5 Å². The molecule has 0 fully saturated rings. The molecule has 0 aliphatic carbocycles. The Balaban J connectivity index is 1.37. The molecule has 152 valence electrons. The summed E-state index contributed by atoms with van der Waals surface area (Å²) < 4.78 is 11.3. The predicted octanol–water partition coefficient (Wildman–Crippen LogP) is 4.33. The lowest BCUT2D eigenvalue weighted by Crippen LogP contribution is -2.40. The molecule has 0 aromatic heterocycles. The molecule has 1 unspecified atom stereocenters. The van der Waals surface area contributed by atoms with Gasteiger partial charge in [-0.2, -0.15) is 0 Å². The van der Waals surface area contributed by atoms with Crippen LogP contribution in [0, 0.1) is 13.8 Å². The van der Waals surface area contributed by atoms with E-state index in [1.54, 1.807) is 36.4 Å². The third-order valence-electron chi connectivity index (χ3n) is 4.98. The molecule has 4 rings (SSSR count). The van der Waals surface area contributed by atoms with Crippen LogP contribution in [0.2, 0.25) is 0 Å². The summed E-state index contributed by atoms with van der Waals surface area (Å²) in [6, 6.07) is 19.7. The monoisotopic (exact) mass is 402 g/mol. The number of rotatable bonds is 4. The van der Waals surface area contributed by atoms with Gasteiger partial charge in [0.15, 0.2) is 11.5 Å². The number of carbonyl (C=O) groups excluding carboxylic acids is 2. The predicted molar refractivity (Wildman–Crippen MR) is 115 cm³/mol. The Hall–Kier alpha value is -3.80. The van der Waals surface area contributed by atoms with Gasteiger partial charge in [-0.1, -0.05) is 18.2 Å². The quantitative estimate of drug-likeness (QED) is 0.681. The van der Waals surface area contributed by atoms with Crippen LogP contribution in [0.1, 0.15) is 21.5 Å². The van der Waals surface area contributed by atoms with Crippen molar-refractivity contribution in [3.8, 4) is 11.5 Å². The summed E-state index contributed by atoms with van der Waals surface area (Å²) in [6.07, 6.45) is -0.743. The average Bonchev–Trinajstić information content (AvgIpc) is 2.76. The Morgan fingerprint density at radius 1 is 0.833 bits per heavy atom. The molecule has 1 heterocycles. The number of anilines is 2. The number of carbonyl (C=O) groups is 2. The molecule has 6 heteroatoms. The zero-order valence-corrected chi connectivity index (χ0v) is 16.8. The topological polar surface area (TPSA) is 76.7 Å². The molecule has 1 aliphatic heterocycles. The van der Waals surface area contributed by atoms with Gasteiger partial charge in [-0.3, -0.25) is 9.59 Å². The van der Waals surface area contributed by atoms with Crippen LogP contribution >= 0.6 is 0 Å². The van der Waals surface area contributed by atoms with Crippen LogP contribution in [0.15, 0.2) is 66.7 Å². The van der Waals surface area contributed by atoms with Gasteiger partial charge in [0, 0.05) is 16.9 Å². The van der Waals surface area contributed by atoms with Crippen molar-refractivity contribution in [1.82, 2.24) is 0 Å². The van der Waals surface area contributed by atoms with Crippen molar-refractivity contribution < 1.29 is 19.1 Å². The molecule has 3 aromatic rings. The van der Waals surface area contributed by atoms with Crippen molar-refractivity contribution in [2.24, 2.45) is 0 Å². The molecule has 6 nitrogen and oxygen atoms in total. The summed E-state index contributed by atoms with van der Waals surface area (Å²) in [5.74, 6) is 0.650. The number of amides is 2. The van der Waals surface area contributed by atoms with Crippen LogP contribution in [0.3, 0.4) is 0 Å². The van der Waals surface area contributed by atoms with E-state index >= 15 is 0 Å². The summed E-state index contributed by atoms with van der Waals surface area (Å²) in [6.45, 7) is 4.17. The van der Waals surface area contributed by atoms with E-state index in [1.165, 1.54) is 5.56 Å². The second kappa shape index (κ2) is 8.29. The van der Waals surface area contributed by atoms with Crippen molar-refractivity contribution in [3.63, 3.8) is 0 Å². The van der Waals surface area contributed by atoms with E-state index in [9.17, 15) is 9.59 Å². The summed E-state index contributed by atoms with van der Waals surface area (Å²) in [5.41, 5.74) is 4.10. The van der Waals surface area contributed by atoms with Crippen LogP contribution in [0.5, 0.6) is 11.5 Å². The summed E-state index contributed by atoms with van der Waals surface area (Å²) in [4.78, 5) is 25.0. The Kier molecular flexibility index (Phi) is 5.39. The van der Waals surface area contributed by atoms with Crippen molar-refractivity contribution in [2.45, 2.75) is 20.0 Å². The molecule has 1 aliphatic rings. The Morgan fingerprint density at radius 2 is 1.53 bits per heavy atom. The number of para-hydroxylation sites is 2. The molecule has 0 saturated heterocycles. The fraction of sp³-hybridized carbons (Fsp3) is 0.167. The van der Waals surface area contributed by atoms with Crippen LogP contribution in [0.4, 0.5) is 11.4 Å². The third-order valence-corrected chi connectivity index (χ3v) is 4.98. The van der Waals surface area contributed by atoms with Gasteiger partial charge in [0.1, 0.15) is 6.61 Å². The molecule has 2 amide bonds. The number of hydrogen-bond acceptors (Lipinski definition) is 4. The van der Waals surface area contributed by atoms with E-state index in [1.807, 2.05) is 44.2 Å². The largest absolute Gasteiger partial charge is 0.485 e. The number of fused-ring (bicyclic) bond motifs is 1.